The summed E-state index contributed by atoms with van der Waals surface area (Å²) in [6, 6.07) is 17.6. The second-order valence-electron chi connectivity index (χ2n) is 9.26. The second kappa shape index (κ2) is 11.7. The molecular formula is C28H32FN3O4. The molecule has 0 atom stereocenters. The van der Waals surface area contributed by atoms with Crippen molar-refractivity contribution >= 4 is 17.5 Å². The van der Waals surface area contributed by atoms with Crippen LogP contribution in [0.2, 0.25) is 0 Å². The van der Waals surface area contributed by atoms with Crippen molar-refractivity contribution in [2.75, 3.05) is 32.6 Å². The van der Waals surface area contributed by atoms with E-state index in [1.54, 1.807) is 29.2 Å². The quantitative estimate of drug-likeness (QED) is 0.426. The number of hydrogen-bond donors (Lipinski definition) is 2. The number of halogens is 1. The molecule has 36 heavy (non-hydrogen) atoms. The molecule has 3 N–H and O–H groups in total. The molecule has 8 heteroatoms. The predicted octanol–water partition coefficient (Wildman–Crippen LogP) is 4.72. The zero-order valence-corrected chi connectivity index (χ0v) is 21.0. The predicted molar refractivity (Wildman–Crippen MR) is 138 cm³/mol. The zero-order chi connectivity index (χ0) is 26.3. The molecule has 3 rings (SSSR count). The number of methoxy groups -OCH3 is 2. The third-order valence-electron chi connectivity index (χ3n) is 5.75. The van der Waals surface area contributed by atoms with Gasteiger partial charge in [-0.05, 0) is 72.1 Å². The van der Waals surface area contributed by atoms with Crippen LogP contribution in [-0.4, -0.2) is 44.0 Å². The van der Waals surface area contributed by atoms with Gasteiger partial charge in [-0.1, -0.05) is 26.0 Å². The first-order valence-corrected chi connectivity index (χ1v) is 11.5. The van der Waals surface area contributed by atoms with E-state index >= 15 is 0 Å². The molecule has 0 radical (unpaired) electrons. The summed E-state index contributed by atoms with van der Waals surface area (Å²) in [4.78, 5) is 27.9. The molecule has 0 heterocycles. The van der Waals surface area contributed by atoms with E-state index in [1.165, 1.54) is 38.5 Å². The van der Waals surface area contributed by atoms with Crippen LogP contribution in [-0.2, 0) is 6.54 Å². The molecule has 0 aliphatic rings. The van der Waals surface area contributed by atoms with Gasteiger partial charge in [-0.3, -0.25) is 9.59 Å². The molecule has 0 aliphatic heterocycles. The van der Waals surface area contributed by atoms with E-state index < -0.39 is 5.82 Å². The Morgan fingerprint density at radius 2 is 1.61 bits per heavy atom. The highest BCUT2D eigenvalue weighted by atomic mass is 19.1. The van der Waals surface area contributed by atoms with Crippen LogP contribution in [0.15, 0.2) is 66.7 Å². The number of anilines is 1. The lowest BCUT2D eigenvalue weighted by molar-refractivity contribution is 0.0672. The maximum Gasteiger partial charge on any atom is 0.255 e. The average molecular weight is 494 g/mol. The molecular weight excluding hydrogens is 461 g/mol. The first-order valence-electron chi connectivity index (χ1n) is 11.5. The zero-order valence-electron chi connectivity index (χ0n) is 21.0. The van der Waals surface area contributed by atoms with Gasteiger partial charge in [-0.25, -0.2) is 4.39 Å². The monoisotopic (exact) mass is 493 g/mol. The lowest BCUT2D eigenvalue weighted by Gasteiger charge is -2.32. The Morgan fingerprint density at radius 3 is 2.25 bits per heavy atom. The molecule has 0 bridgehead atoms. The SMILES string of the molecule is COc1ccc(C(=O)N(Cc2cccc(NC(=O)c3ccc(F)cc3)c2)CC(C)(C)CN)cc1OC. The van der Waals surface area contributed by atoms with E-state index in [0.29, 0.717) is 47.9 Å². The Bertz CT molecular complexity index is 1210. The van der Waals surface area contributed by atoms with Crippen LogP contribution >= 0.6 is 0 Å². The number of carbonyl (C=O) groups is 2. The van der Waals surface area contributed by atoms with Crippen LogP contribution in [0.4, 0.5) is 10.1 Å². The topological polar surface area (TPSA) is 93.9 Å². The minimum Gasteiger partial charge on any atom is -0.493 e. The van der Waals surface area contributed by atoms with Gasteiger partial charge in [-0.15, -0.1) is 0 Å². The maximum absolute atomic E-state index is 13.6. The van der Waals surface area contributed by atoms with Crippen LogP contribution in [0.1, 0.15) is 40.1 Å². The van der Waals surface area contributed by atoms with Gasteiger partial charge in [0.1, 0.15) is 5.82 Å². The highest BCUT2D eigenvalue weighted by Crippen LogP contribution is 2.29. The number of amides is 2. The highest BCUT2D eigenvalue weighted by molar-refractivity contribution is 6.04. The van der Waals surface area contributed by atoms with Crippen molar-refractivity contribution in [2.24, 2.45) is 11.1 Å². The van der Waals surface area contributed by atoms with Crippen molar-refractivity contribution in [1.82, 2.24) is 4.90 Å². The minimum absolute atomic E-state index is 0.182. The Hall–Kier alpha value is -3.91. The fraction of sp³-hybridized carbons (Fsp3) is 0.286. The minimum atomic E-state index is -0.409. The molecule has 0 fully saturated rings. The molecule has 3 aromatic rings. The highest BCUT2D eigenvalue weighted by Gasteiger charge is 2.26. The Labute approximate surface area is 211 Å². The summed E-state index contributed by atoms with van der Waals surface area (Å²) < 4.78 is 23.8. The largest absolute Gasteiger partial charge is 0.493 e. The lowest BCUT2D eigenvalue weighted by atomic mass is 9.92. The average Bonchev–Trinajstić information content (AvgIpc) is 2.88. The van der Waals surface area contributed by atoms with E-state index in [0.717, 1.165) is 5.56 Å². The van der Waals surface area contributed by atoms with Gasteiger partial charge in [0.15, 0.2) is 11.5 Å². The van der Waals surface area contributed by atoms with E-state index in [4.69, 9.17) is 15.2 Å². The summed E-state index contributed by atoms with van der Waals surface area (Å²) >= 11 is 0. The van der Waals surface area contributed by atoms with E-state index in [-0.39, 0.29) is 17.2 Å². The first-order chi connectivity index (χ1) is 17.2. The fourth-order valence-electron chi connectivity index (χ4n) is 3.70. The normalized spacial score (nSPS) is 11.1. The van der Waals surface area contributed by atoms with Crippen molar-refractivity contribution in [3.05, 3.63) is 89.2 Å². The van der Waals surface area contributed by atoms with Crippen LogP contribution in [0.5, 0.6) is 11.5 Å². The Balaban J connectivity index is 1.84. The Morgan fingerprint density at radius 1 is 0.944 bits per heavy atom. The number of rotatable bonds is 10. The first kappa shape index (κ1) is 26.7. The van der Waals surface area contributed by atoms with Gasteiger partial charge >= 0.3 is 0 Å². The third-order valence-corrected chi connectivity index (χ3v) is 5.75. The molecule has 3 aromatic carbocycles. The summed E-state index contributed by atoms with van der Waals surface area (Å²) in [5.41, 5.74) is 7.85. The summed E-state index contributed by atoms with van der Waals surface area (Å²) in [5, 5.41) is 2.82. The molecule has 0 saturated heterocycles. The third kappa shape index (κ3) is 6.82. The van der Waals surface area contributed by atoms with Crippen LogP contribution in [0.25, 0.3) is 0 Å². The summed E-state index contributed by atoms with van der Waals surface area (Å²) in [5.74, 6) is 0.0560. The molecule has 0 saturated carbocycles. The van der Waals surface area contributed by atoms with Gasteiger partial charge in [0, 0.05) is 29.9 Å². The number of ether oxygens (including phenoxy) is 2. The van der Waals surface area contributed by atoms with Crippen molar-refractivity contribution in [2.45, 2.75) is 20.4 Å². The lowest BCUT2D eigenvalue weighted by Crippen LogP contribution is -2.41. The summed E-state index contributed by atoms with van der Waals surface area (Å²) in [6.07, 6.45) is 0. The van der Waals surface area contributed by atoms with Crippen LogP contribution in [0.3, 0.4) is 0 Å². The molecule has 2 amide bonds. The maximum atomic E-state index is 13.6. The summed E-state index contributed by atoms with van der Waals surface area (Å²) in [6.45, 7) is 5.12. The van der Waals surface area contributed by atoms with E-state index in [2.05, 4.69) is 5.32 Å². The van der Waals surface area contributed by atoms with Gasteiger partial charge in [0.25, 0.3) is 11.8 Å². The van der Waals surface area contributed by atoms with Crippen LogP contribution in [0, 0.1) is 11.2 Å². The molecule has 0 aliphatic carbocycles. The standard InChI is InChI=1S/C28H32FN3O4/c1-28(2,17-30)18-32(27(34)21-10-13-24(35-3)25(15-21)36-4)16-19-6-5-7-23(14-19)31-26(33)20-8-11-22(29)12-9-20/h5-15H,16-18,30H2,1-4H3,(H,31,33). The number of carbonyl (C=O) groups excluding carboxylic acids is 2. The molecule has 190 valence electrons. The fourth-order valence-corrected chi connectivity index (χ4v) is 3.70. The number of benzene rings is 3. The van der Waals surface area contributed by atoms with Gasteiger partial charge in [0.2, 0.25) is 0 Å². The number of hydrogen-bond acceptors (Lipinski definition) is 5. The van der Waals surface area contributed by atoms with E-state index in [1.807, 2.05) is 32.0 Å². The Kier molecular flexibility index (Phi) is 8.66. The van der Waals surface area contributed by atoms with Gasteiger partial charge in [-0.2, -0.15) is 0 Å². The molecule has 0 unspecified atom stereocenters. The van der Waals surface area contributed by atoms with Crippen LogP contribution < -0.4 is 20.5 Å². The molecule has 0 spiro atoms. The molecule has 7 nitrogen and oxygen atoms in total. The van der Waals surface area contributed by atoms with Gasteiger partial charge < -0.3 is 25.4 Å². The van der Waals surface area contributed by atoms with Crippen molar-refractivity contribution in [1.29, 1.82) is 0 Å². The number of nitrogens with one attached hydrogen (secondary N) is 1. The van der Waals surface area contributed by atoms with Gasteiger partial charge in [0.05, 0.1) is 14.2 Å². The van der Waals surface area contributed by atoms with Crippen molar-refractivity contribution in [3.8, 4) is 11.5 Å². The summed E-state index contributed by atoms with van der Waals surface area (Å²) in [7, 11) is 3.06. The van der Waals surface area contributed by atoms with E-state index in [9.17, 15) is 14.0 Å². The van der Waals surface area contributed by atoms with Crippen molar-refractivity contribution in [3.63, 3.8) is 0 Å². The second-order valence-corrected chi connectivity index (χ2v) is 9.26. The number of nitrogens with two attached hydrogens (primary N) is 1. The number of nitrogens with zero attached hydrogens (tertiary/aromatic N) is 1. The molecule has 0 aromatic heterocycles. The smallest absolute Gasteiger partial charge is 0.255 e. The van der Waals surface area contributed by atoms with Crippen molar-refractivity contribution < 1.29 is 23.5 Å².